The molecule has 48 heavy (non-hydrogen) atoms. The van der Waals surface area contributed by atoms with E-state index >= 15 is 0 Å². The Morgan fingerprint density at radius 1 is 0.354 bits per heavy atom. The molecule has 1 aromatic heterocycles. The van der Waals surface area contributed by atoms with Gasteiger partial charge in [-0.3, -0.25) is 0 Å². The average molecular weight is 611 g/mol. The molecule has 1 aliphatic carbocycles. The Morgan fingerprint density at radius 2 is 0.917 bits per heavy atom. The second-order valence-corrected chi connectivity index (χ2v) is 12.5. The summed E-state index contributed by atoms with van der Waals surface area (Å²) in [5.74, 6) is 0. The van der Waals surface area contributed by atoms with Gasteiger partial charge in [-0.05, 0) is 88.0 Å². The molecule has 0 unspecified atom stereocenters. The molecule has 1 aliphatic rings. The van der Waals surface area contributed by atoms with Gasteiger partial charge in [-0.15, -0.1) is 0 Å². The van der Waals surface area contributed by atoms with Crippen LogP contribution in [0.5, 0.6) is 0 Å². The summed E-state index contributed by atoms with van der Waals surface area (Å²) >= 11 is 0. The third-order valence-electron chi connectivity index (χ3n) is 9.90. The predicted molar refractivity (Wildman–Crippen MR) is 203 cm³/mol. The van der Waals surface area contributed by atoms with Gasteiger partial charge in [0.15, 0.2) is 0 Å². The zero-order valence-corrected chi connectivity index (χ0v) is 26.2. The third kappa shape index (κ3) is 3.93. The first-order chi connectivity index (χ1) is 23.8. The van der Waals surface area contributed by atoms with Gasteiger partial charge in [0.1, 0.15) is 0 Å². The number of hydrogen-bond acceptors (Lipinski definition) is 1. The lowest BCUT2D eigenvalue weighted by Gasteiger charge is -2.27. The third-order valence-corrected chi connectivity index (χ3v) is 9.90. The van der Waals surface area contributed by atoms with Crippen molar-refractivity contribution in [1.82, 2.24) is 4.57 Å². The Kier molecular flexibility index (Phi) is 5.91. The fourth-order valence-corrected chi connectivity index (χ4v) is 7.89. The van der Waals surface area contributed by atoms with Crippen molar-refractivity contribution in [3.05, 3.63) is 182 Å². The average Bonchev–Trinajstić information content (AvgIpc) is 3.45. The summed E-state index contributed by atoms with van der Waals surface area (Å²) in [5, 5.41) is 5.13. The molecule has 0 bridgehead atoms. The minimum atomic E-state index is 1.13. The number of aromatic nitrogens is 1. The summed E-state index contributed by atoms with van der Waals surface area (Å²) in [6, 6.07) is 66.1. The van der Waals surface area contributed by atoms with Crippen LogP contribution in [0.1, 0.15) is 0 Å². The van der Waals surface area contributed by atoms with Crippen LogP contribution in [0.15, 0.2) is 182 Å². The molecule has 10 rings (SSSR count). The second-order valence-electron chi connectivity index (χ2n) is 12.5. The molecule has 2 heteroatoms. The maximum Gasteiger partial charge on any atom is 0.0548 e. The summed E-state index contributed by atoms with van der Waals surface area (Å²) in [7, 11) is 0. The summed E-state index contributed by atoms with van der Waals surface area (Å²) < 4.78 is 2.47. The Bertz CT molecular complexity index is 2610. The Hall–Kier alpha value is -6.38. The minimum Gasteiger partial charge on any atom is -0.310 e. The maximum absolute atomic E-state index is 2.47. The number of hydrogen-bond donors (Lipinski definition) is 0. The van der Waals surface area contributed by atoms with Crippen LogP contribution in [-0.2, 0) is 0 Å². The van der Waals surface area contributed by atoms with Gasteiger partial charge >= 0.3 is 0 Å². The minimum absolute atomic E-state index is 1.13. The molecule has 0 radical (unpaired) electrons. The zero-order chi connectivity index (χ0) is 31.6. The topological polar surface area (TPSA) is 8.17 Å². The molecule has 0 saturated carbocycles. The van der Waals surface area contributed by atoms with Gasteiger partial charge in [0.05, 0.1) is 16.7 Å². The van der Waals surface area contributed by atoms with Crippen molar-refractivity contribution in [2.45, 2.75) is 0 Å². The van der Waals surface area contributed by atoms with E-state index in [1.165, 1.54) is 66.0 Å². The van der Waals surface area contributed by atoms with E-state index in [1.54, 1.807) is 0 Å². The molecule has 0 spiro atoms. The number of rotatable bonds is 5. The first-order valence-corrected chi connectivity index (χ1v) is 16.5. The van der Waals surface area contributed by atoms with Crippen LogP contribution in [0.4, 0.5) is 17.1 Å². The van der Waals surface area contributed by atoms with Crippen molar-refractivity contribution in [3.8, 4) is 39.1 Å². The summed E-state index contributed by atoms with van der Waals surface area (Å²) in [4.78, 5) is 2.39. The van der Waals surface area contributed by atoms with E-state index < -0.39 is 0 Å². The molecule has 224 valence electrons. The molecule has 2 nitrogen and oxygen atoms in total. The Balaban J connectivity index is 1.34. The van der Waals surface area contributed by atoms with Gasteiger partial charge in [-0.2, -0.15) is 0 Å². The van der Waals surface area contributed by atoms with Crippen molar-refractivity contribution < 1.29 is 0 Å². The van der Waals surface area contributed by atoms with Gasteiger partial charge in [-0.25, -0.2) is 0 Å². The maximum atomic E-state index is 2.47. The van der Waals surface area contributed by atoms with E-state index in [-0.39, 0.29) is 0 Å². The van der Waals surface area contributed by atoms with Crippen molar-refractivity contribution >= 4 is 49.6 Å². The number of benzene rings is 8. The van der Waals surface area contributed by atoms with Crippen molar-refractivity contribution in [3.63, 3.8) is 0 Å². The summed E-state index contributed by atoms with van der Waals surface area (Å²) in [6.45, 7) is 0. The molecule has 1 heterocycles. The van der Waals surface area contributed by atoms with Crippen LogP contribution in [0, 0.1) is 0 Å². The van der Waals surface area contributed by atoms with Crippen LogP contribution in [-0.4, -0.2) is 4.57 Å². The highest BCUT2D eigenvalue weighted by Crippen LogP contribution is 2.52. The van der Waals surface area contributed by atoms with Crippen LogP contribution < -0.4 is 4.90 Å². The largest absolute Gasteiger partial charge is 0.310 e. The first kappa shape index (κ1) is 26.8. The predicted octanol–water partition coefficient (Wildman–Crippen LogP) is 12.7. The molecule has 9 aromatic rings. The van der Waals surface area contributed by atoms with Crippen molar-refractivity contribution in [1.29, 1.82) is 0 Å². The fraction of sp³-hybridized carbons (Fsp3) is 0. The van der Waals surface area contributed by atoms with Crippen LogP contribution in [0.3, 0.4) is 0 Å². The van der Waals surface area contributed by atoms with E-state index in [1.807, 2.05) is 0 Å². The highest BCUT2D eigenvalue weighted by Gasteiger charge is 2.27. The standard InChI is InChI=1S/C46H30N2/c1-4-14-31(15-5-1)32-16-12-21-35(30-32)48-42-25-13-24-38-36-22-10-11-23-37(36)39-26-28-41(40-27-29-43(48)46(44(39)40)45(38)42)47(33-17-6-2-7-18-33)34-19-8-3-9-20-34/h1-30H. The summed E-state index contributed by atoms with van der Waals surface area (Å²) in [6.07, 6.45) is 0. The molecule has 8 aromatic carbocycles. The van der Waals surface area contributed by atoms with E-state index in [4.69, 9.17) is 0 Å². The monoisotopic (exact) mass is 610 g/mol. The smallest absolute Gasteiger partial charge is 0.0548 e. The highest BCUT2D eigenvalue weighted by atomic mass is 15.1. The number of para-hydroxylation sites is 2. The Morgan fingerprint density at radius 3 is 1.62 bits per heavy atom. The van der Waals surface area contributed by atoms with Crippen LogP contribution >= 0.6 is 0 Å². The van der Waals surface area contributed by atoms with E-state index in [0.29, 0.717) is 0 Å². The molecule has 0 saturated heterocycles. The first-order valence-electron chi connectivity index (χ1n) is 16.5. The van der Waals surface area contributed by atoms with Crippen molar-refractivity contribution in [2.24, 2.45) is 0 Å². The van der Waals surface area contributed by atoms with Gasteiger partial charge in [0.2, 0.25) is 0 Å². The van der Waals surface area contributed by atoms with Crippen molar-refractivity contribution in [2.75, 3.05) is 4.90 Å². The lowest BCUT2D eigenvalue weighted by atomic mass is 9.92. The lowest BCUT2D eigenvalue weighted by molar-refractivity contribution is 1.18. The zero-order valence-electron chi connectivity index (χ0n) is 26.2. The molecule has 0 fully saturated rings. The Labute approximate surface area is 279 Å². The normalized spacial score (nSPS) is 11.8. The quantitative estimate of drug-likeness (QED) is 0.188. The van der Waals surface area contributed by atoms with E-state index in [9.17, 15) is 0 Å². The van der Waals surface area contributed by atoms with Crippen LogP contribution in [0.2, 0.25) is 0 Å². The second kappa shape index (κ2) is 10.6. The SMILES string of the molecule is c1ccc(-c2cccc(-n3c4cccc5c4c4c6c(ccc(N(c7ccccc7)c7ccccc7)c6ccc43)-c3ccccc3-5)c2)cc1. The number of fused-ring (bicyclic) bond motifs is 3. The highest BCUT2D eigenvalue weighted by molar-refractivity contribution is 6.32. The number of anilines is 3. The molecule has 0 atom stereocenters. The van der Waals surface area contributed by atoms with Gasteiger partial charge < -0.3 is 9.47 Å². The van der Waals surface area contributed by atoms with Gasteiger partial charge in [0, 0.05) is 38.6 Å². The van der Waals surface area contributed by atoms with Gasteiger partial charge in [-0.1, -0.05) is 127 Å². The van der Waals surface area contributed by atoms with Gasteiger partial charge in [0.25, 0.3) is 0 Å². The number of nitrogens with zero attached hydrogens (tertiary/aromatic N) is 2. The van der Waals surface area contributed by atoms with E-state index in [2.05, 4.69) is 191 Å². The molecule has 0 aliphatic heterocycles. The van der Waals surface area contributed by atoms with E-state index in [0.717, 1.165) is 22.7 Å². The molecular weight excluding hydrogens is 581 g/mol. The molecule has 0 N–H and O–H groups in total. The fourth-order valence-electron chi connectivity index (χ4n) is 7.89. The summed E-state index contributed by atoms with van der Waals surface area (Å²) in [5.41, 5.74) is 14.5. The molecular formula is C46H30N2. The van der Waals surface area contributed by atoms with Crippen LogP contribution in [0.25, 0.3) is 71.6 Å². The lowest BCUT2D eigenvalue weighted by Crippen LogP contribution is -2.10. The molecule has 0 amide bonds.